The maximum atomic E-state index is 12.0. The van der Waals surface area contributed by atoms with Gasteiger partial charge in [-0.2, -0.15) is 4.99 Å². The van der Waals surface area contributed by atoms with Crippen LogP contribution in [0.3, 0.4) is 0 Å². The molecule has 0 unspecified atom stereocenters. The Bertz CT molecular complexity index is 1370. The molecule has 1 aromatic heterocycles. The minimum Gasteiger partial charge on any atom is -0.489 e. The van der Waals surface area contributed by atoms with E-state index >= 15 is 0 Å². The summed E-state index contributed by atoms with van der Waals surface area (Å²) in [6.45, 7) is 2.40. The number of aliphatic imine (C=N–C) groups is 1. The SMILES string of the molecule is CNC1=NC(=O)C(=Cc2ccc(N3CCC(NC[C@@H](O)COc4cccc5[nH]c(=O)[nH]c45)CC3)cc2)S1. The number of aromatic amines is 2. The van der Waals surface area contributed by atoms with Crippen molar-refractivity contribution in [2.75, 3.05) is 38.2 Å². The molecule has 5 rings (SSSR count). The van der Waals surface area contributed by atoms with Gasteiger partial charge < -0.3 is 35.3 Å². The molecular weight excluding hydrogens is 492 g/mol. The van der Waals surface area contributed by atoms with Crippen LogP contribution in [0.15, 0.2) is 57.2 Å². The van der Waals surface area contributed by atoms with E-state index in [1.54, 1.807) is 25.2 Å². The standard InChI is InChI=1S/C26H30N6O4S/c1-27-26-31-24(34)22(37-26)13-16-5-7-18(8-6-16)32-11-9-17(10-12-32)28-14-19(33)15-36-21-4-2-3-20-23(21)30-25(35)29-20/h2-8,13,17,19,28,33H,9-12,14-15H2,1H3,(H,27,31,34)(H2,29,30,35)/t19-/m1/s1. The molecule has 0 saturated carbocycles. The molecule has 194 valence electrons. The largest absolute Gasteiger partial charge is 0.489 e. The normalized spacial score (nSPS) is 18.4. The summed E-state index contributed by atoms with van der Waals surface area (Å²) < 4.78 is 5.76. The molecule has 0 spiro atoms. The Labute approximate surface area is 218 Å². The van der Waals surface area contributed by atoms with Gasteiger partial charge >= 0.3 is 5.69 Å². The molecule has 5 N–H and O–H groups in total. The lowest BCUT2D eigenvalue weighted by Gasteiger charge is -2.34. The van der Waals surface area contributed by atoms with Gasteiger partial charge in [0.15, 0.2) is 5.17 Å². The molecule has 1 amide bonds. The minimum absolute atomic E-state index is 0.132. The van der Waals surface area contributed by atoms with Crippen LogP contribution in [0.2, 0.25) is 0 Å². The second-order valence-electron chi connectivity index (χ2n) is 9.07. The van der Waals surface area contributed by atoms with E-state index in [9.17, 15) is 14.7 Å². The summed E-state index contributed by atoms with van der Waals surface area (Å²) in [6, 6.07) is 13.9. The molecule has 1 fully saturated rings. The first kappa shape index (κ1) is 25.1. The van der Waals surface area contributed by atoms with Gasteiger partial charge in [0.25, 0.3) is 5.91 Å². The highest BCUT2D eigenvalue weighted by Crippen LogP contribution is 2.28. The van der Waals surface area contributed by atoms with E-state index in [4.69, 9.17) is 4.74 Å². The van der Waals surface area contributed by atoms with Crippen molar-refractivity contribution < 1.29 is 14.6 Å². The third kappa shape index (κ3) is 6.07. The molecule has 3 aromatic rings. The van der Waals surface area contributed by atoms with Gasteiger partial charge in [-0.3, -0.25) is 4.79 Å². The van der Waals surface area contributed by atoms with Crippen LogP contribution in [0.4, 0.5) is 5.69 Å². The van der Waals surface area contributed by atoms with Gasteiger partial charge in [0, 0.05) is 38.4 Å². The van der Waals surface area contributed by atoms with E-state index in [2.05, 4.69) is 42.6 Å². The van der Waals surface area contributed by atoms with Crippen LogP contribution in [0.5, 0.6) is 5.75 Å². The Morgan fingerprint density at radius 3 is 2.70 bits per heavy atom. The molecule has 2 aliphatic heterocycles. The van der Waals surface area contributed by atoms with Gasteiger partial charge in [0.1, 0.15) is 24.0 Å². The lowest BCUT2D eigenvalue weighted by Crippen LogP contribution is -2.45. The average molecular weight is 523 g/mol. The van der Waals surface area contributed by atoms with Crippen LogP contribution in [0.1, 0.15) is 18.4 Å². The van der Waals surface area contributed by atoms with E-state index in [1.165, 1.54) is 11.8 Å². The molecule has 0 aliphatic carbocycles. The van der Waals surface area contributed by atoms with Crippen LogP contribution in [-0.4, -0.2) is 71.6 Å². The Balaban J connectivity index is 1.06. The number of hydrogen-bond donors (Lipinski definition) is 5. The van der Waals surface area contributed by atoms with E-state index in [0.717, 1.165) is 37.2 Å². The molecular formula is C26H30N6O4S. The smallest absolute Gasteiger partial charge is 0.323 e. The number of nitrogens with zero attached hydrogens (tertiary/aromatic N) is 2. The van der Waals surface area contributed by atoms with Crippen LogP contribution in [-0.2, 0) is 4.79 Å². The van der Waals surface area contributed by atoms with Crippen molar-refractivity contribution in [3.05, 3.63) is 63.4 Å². The van der Waals surface area contributed by atoms with Gasteiger partial charge in [-0.1, -0.05) is 18.2 Å². The number of anilines is 1. The zero-order valence-corrected chi connectivity index (χ0v) is 21.3. The maximum absolute atomic E-state index is 12.0. The van der Waals surface area contributed by atoms with Gasteiger partial charge in [0.05, 0.1) is 10.4 Å². The highest BCUT2D eigenvalue weighted by Gasteiger charge is 2.22. The fraction of sp³-hybridized carbons (Fsp3) is 0.346. The number of carbonyl (C=O) groups excluding carboxylic acids is 1. The molecule has 37 heavy (non-hydrogen) atoms. The number of aromatic nitrogens is 2. The Hall–Kier alpha value is -3.54. The van der Waals surface area contributed by atoms with Crippen LogP contribution in [0, 0.1) is 0 Å². The van der Waals surface area contributed by atoms with Crippen molar-refractivity contribution in [2.24, 2.45) is 4.99 Å². The Morgan fingerprint density at radius 2 is 1.97 bits per heavy atom. The predicted molar refractivity (Wildman–Crippen MR) is 147 cm³/mol. The highest BCUT2D eigenvalue weighted by atomic mass is 32.2. The first-order chi connectivity index (χ1) is 18.0. The number of benzene rings is 2. The number of rotatable bonds is 8. The predicted octanol–water partition coefficient (Wildman–Crippen LogP) is 2.04. The van der Waals surface area contributed by atoms with E-state index < -0.39 is 6.10 Å². The van der Waals surface area contributed by atoms with Crippen LogP contribution < -0.4 is 26.0 Å². The molecule has 0 bridgehead atoms. The summed E-state index contributed by atoms with van der Waals surface area (Å²) in [5, 5.41) is 17.4. The number of aliphatic hydroxyl groups is 1. The summed E-state index contributed by atoms with van der Waals surface area (Å²) in [7, 11) is 1.75. The first-order valence-electron chi connectivity index (χ1n) is 12.3. The van der Waals surface area contributed by atoms with Gasteiger partial charge in [0.2, 0.25) is 0 Å². The molecule has 11 heteroatoms. The number of para-hydroxylation sites is 1. The number of piperidine rings is 1. The second kappa shape index (κ2) is 11.2. The minimum atomic E-state index is -0.667. The van der Waals surface area contributed by atoms with Gasteiger partial charge in [-0.05, 0) is 60.5 Å². The number of fused-ring (bicyclic) bond motifs is 1. The topological polar surface area (TPSA) is 135 Å². The number of carbonyl (C=O) groups is 1. The van der Waals surface area contributed by atoms with Crippen molar-refractivity contribution in [2.45, 2.75) is 25.0 Å². The Kier molecular flexibility index (Phi) is 7.63. The van der Waals surface area contributed by atoms with Crippen molar-refractivity contribution in [1.29, 1.82) is 0 Å². The van der Waals surface area contributed by atoms with Crippen molar-refractivity contribution >= 4 is 45.6 Å². The summed E-state index contributed by atoms with van der Waals surface area (Å²) in [5.41, 5.74) is 3.12. The number of amides is 1. The number of thioether (sulfide) groups is 1. The number of H-pyrrole nitrogens is 2. The summed E-state index contributed by atoms with van der Waals surface area (Å²) in [6.07, 6.45) is 3.14. The molecule has 10 nitrogen and oxygen atoms in total. The number of amidine groups is 1. The number of nitrogens with one attached hydrogen (secondary N) is 4. The summed E-state index contributed by atoms with van der Waals surface area (Å²) in [4.78, 5) is 35.8. The van der Waals surface area contributed by atoms with Crippen molar-refractivity contribution in [1.82, 2.24) is 20.6 Å². The van der Waals surface area contributed by atoms with Crippen LogP contribution in [0.25, 0.3) is 17.1 Å². The fourth-order valence-electron chi connectivity index (χ4n) is 4.49. The van der Waals surface area contributed by atoms with E-state index in [0.29, 0.717) is 39.4 Å². The lowest BCUT2D eigenvalue weighted by atomic mass is 10.0. The average Bonchev–Trinajstić information content (AvgIpc) is 3.48. The number of hydrogen-bond acceptors (Lipinski definition) is 8. The van der Waals surface area contributed by atoms with Crippen LogP contribution >= 0.6 is 11.8 Å². The molecule has 0 radical (unpaired) electrons. The summed E-state index contributed by atoms with van der Waals surface area (Å²) >= 11 is 1.35. The van der Waals surface area contributed by atoms with Gasteiger partial charge in [-0.15, -0.1) is 0 Å². The van der Waals surface area contributed by atoms with Crippen molar-refractivity contribution in [3.63, 3.8) is 0 Å². The fourth-order valence-corrected chi connectivity index (χ4v) is 5.26. The Morgan fingerprint density at radius 1 is 1.19 bits per heavy atom. The maximum Gasteiger partial charge on any atom is 0.323 e. The molecule has 2 aromatic carbocycles. The molecule has 1 saturated heterocycles. The van der Waals surface area contributed by atoms with E-state index in [1.807, 2.05) is 18.2 Å². The monoisotopic (exact) mass is 522 g/mol. The highest BCUT2D eigenvalue weighted by molar-refractivity contribution is 8.18. The van der Waals surface area contributed by atoms with Gasteiger partial charge in [-0.25, -0.2) is 4.79 Å². The number of imidazole rings is 1. The first-order valence-corrected chi connectivity index (χ1v) is 13.1. The molecule has 1 atom stereocenters. The number of aliphatic hydroxyl groups excluding tert-OH is 1. The lowest BCUT2D eigenvalue weighted by molar-refractivity contribution is -0.113. The number of ether oxygens (including phenoxy) is 1. The van der Waals surface area contributed by atoms with Crippen molar-refractivity contribution in [3.8, 4) is 5.75 Å². The second-order valence-corrected chi connectivity index (χ2v) is 10.1. The summed E-state index contributed by atoms with van der Waals surface area (Å²) in [5.74, 6) is 0.328. The molecule has 2 aliphatic rings. The molecule has 3 heterocycles. The quantitative estimate of drug-likeness (QED) is 0.284. The zero-order valence-electron chi connectivity index (χ0n) is 20.5. The third-order valence-electron chi connectivity index (χ3n) is 6.47. The third-order valence-corrected chi connectivity index (χ3v) is 7.47. The zero-order chi connectivity index (χ0) is 25.8. The van der Waals surface area contributed by atoms with E-state index in [-0.39, 0.29) is 18.2 Å².